The molecule has 1 aromatic carbocycles. The van der Waals surface area contributed by atoms with Crippen molar-refractivity contribution in [3.05, 3.63) is 30.1 Å². The first-order valence-electron chi connectivity index (χ1n) is 8.74. The predicted octanol–water partition coefficient (Wildman–Crippen LogP) is 1.57. The fraction of sp³-hybridized carbons (Fsp3) is 0.647. The third kappa shape index (κ3) is 4.75. The SMILES string of the molecule is O=S(=O)(NC1CCCN(CC2CCNCC2)C1)c1cccc(F)c1. The summed E-state index contributed by atoms with van der Waals surface area (Å²) < 4.78 is 40.9. The van der Waals surface area contributed by atoms with Crippen molar-refractivity contribution in [2.75, 3.05) is 32.7 Å². The summed E-state index contributed by atoms with van der Waals surface area (Å²) in [5.74, 6) is 0.166. The number of piperidine rings is 2. The number of benzene rings is 1. The van der Waals surface area contributed by atoms with Crippen LogP contribution in [0.4, 0.5) is 4.39 Å². The molecular formula is C17H26FN3O2S. The smallest absolute Gasteiger partial charge is 0.240 e. The van der Waals surface area contributed by atoms with Gasteiger partial charge < -0.3 is 10.2 Å². The largest absolute Gasteiger partial charge is 0.317 e. The second kappa shape index (κ2) is 7.91. The predicted molar refractivity (Wildman–Crippen MR) is 91.8 cm³/mol. The molecule has 0 bridgehead atoms. The Morgan fingerprint density at radius 2 is 2.04 bits per heavy atom. The van der Waals surface area contributed by atoms with Crippen LogP contribution in [0.5, 0.6) is 0 Å². The van der Waals surface area contributed by atoms with Crippen molar-refractivity contribution in [2.45, 2.75) is 36.6 Å². The summed E-state index contributed by atoms with van der Waals surface area (Å²) in [5.41, 5.74) is 0. The van der Waals surface area contributed by atoms with E-state index in [0.29, 0.717) is 5.92 Å². The first-order valence-corrected chi connectivity index (χ1v) is 10.2. The third-order valence-corrected chi connectivity index (χ3v) is 6.43. The Hall–Kier alpha value is -1.02. The topological polar surface area (TPSA) is 61.4 Å². The van der Waals surface area contributed by atoms with E-state index in [1.807, 2.05) is 0 Å². The third-order valence-electron chi connectivity index (χ3n) is 4.91. The molecule has 1 atom stereocenters. The van der Waals surface area contributed by atoms with Crippen LogP contribution >= 0.6 is 0 Å². The van der Waals surface area contributed by atoms with Gasteiger partial charge in [-0.15, -0.1) is 0 Å². The summed E-state index contributed by atoms with van der Waals surface area (Å²) in [4.78, 5) is 2.37. The van der Waals surface area contributed by atoms with E-state index >= 15 is 0 Å². The van der Waals surface area contributed by atoms with E-state index in [-0.39, 0.29) is 10.9 Å². The molecule has 24 heavy (non-hydrogen) atoms. The van der Waals surface area contributed by atoms with E-state index in [1.54, 1.807) is 0 Å². The van der Waals surface area contributed by atoms with Crippen LogP contribution in [-0.4, -0.2) is 52.1 Å². The van der Waals surface area contributed by atoms with E-state index in [2.05, 4.69) is 14.9 Å². The highest BCUT2D eigenvalue weighted by molar-refractivity contribution is 7.89. The molecule has 2 aliphatic heterocycles. The number of nitrogens with one attached hydrogen (secondary N) is 2. The summed E-state index contributed by atoms with van der Waals surface area (Å²) in [6, 6.07) is 5.07. The summed E-state index contributed by atoms with van der Waals surface area (Å²) in [6.07, 6.45) is 4.20. The average molecular weight is 355 g/mol. The van der Waals surface area contributed by atoms with E-state index in [4.69, 9.17) is 0 Å². The fourth-order valence-electron chi connectivity index (χ4n) is 3.67. The molecule has 0 aliphatic carbocycles. The van der Waals surface area contributed by atoms with Gasteiger partial charge in [-0.2, -0.15) is 0 Å². The minimum Gasteiger partial charge on any atom is -0.317 e. The van der Waals surface area contributed by atoms with Gasteiger partial charge in [0.1, 0.15) is 5.82 Å². The lowest BCUT2D eigenvalue weighted by Gasteiger charge is -2.36. The molecule has 0 saturated carbocycles. The van der Waals surface area contributed by atoms with Gasteiger partial charge in [-0.3, -0.25) is 0 Å². The highest BCUT2D eigenvalue weighted by Gasteiger charge is 2.27. The van der Waals surface area contributed by atoms with Crippen molar-refractivity contribution in [2.24, 2.45) is 5.92 Å². The lowest BCUT2D eigenvalue weighted by molar-refractivity contribution is 0.160. The number of nitrogens with zero attached hydrogens (tertiary/aromatic N) is 1. The van der Waals surface area contributed by atoms with Crippen molar-refractivity contribution in [3.63, 3.8) is 0 Å². The molecule has 2 heterocycles. The summed E-state index contributed by atoms with van der Waals surface area (Å²) >= 11 is 0. The number of hydrogen-bond acceptors (Lipinski definition) is 4. The van der Waals surface area contributed by atoms with Crippen LogP contribution in [0.25, 0.3) is 0 Å². The highest BCUT2D eigenvalue weighted by atomic mass is 32.2. The molecule has 1 aromatic rings. The van der Waals surface area contributed by atoms with Gasteiger partial charge in [0, 0.05) is 19.1 Å². The minimum absolute atomic E-state index is 0.00187. The molecule has 7 heteroatoms. The minimum atomic E-state index is -3.67. The molecule has 3 rings (SSSR count). The maximum absolute atomic E-state index is 13.3. The van der Waals surface area contributed by atoms with Crippen LogP contribution in [0.15, 0.2) is 29.2 Å². The number of rotatable bonds is 5. The molecule has 2 fully saturated rings. The molecule has 2 aliphatic rings. The average Bonchev–Trinajstić information content (AvgIpc) is 2.56. The van der Waals surface area contributed by atoms with Crippen molar-refractivity contribution >= 4 is 10.0 Å². The summed E-state index contributed by atoms with van der Waals surface area (Å²) in [6.45, 7) is 4.96. The van der Waals surface area contributed by atoms with Gasteiger partial charge in [0.2, 0.25) is 10.0 Å². The van der Waals surface area contributed by atoms with Crippen molar-refractivity contribution in [1.29, 1.82) is 0 Å². The quantitative estimate of drug-likeness (QED) is 0.842. The number of likely N-dealkylation sites (tertiary alicyclic amines) is 1. The van der Waals surface area contributed by atoms with Gasteiger partial charge in [0.25, 0.3) is 0 Å². The Labute approximate surface area is 143 Å². The van der Waals surface area contributed by atoms with Crippen molar-refractivity contribution < 1.29 is 12.8 Å². The number of sulfonamides is 1. The lowest BCUT2D eigenvalue weighted by Crippen LogP contribution is -2.49. The van der Waals surface area contributed by atoms with Gasteiger partial charge in [-0.25, -0.2) is 17.5 Å². The van der Waals surface area contributed by atoms with Crippen LogP contribution < -0.4 is 10.0 Å². The molecule has 0 aromatic heterocycles. The van der Waals surface area contributed by atoms with Gasteiger partial charge in [0.05, 0.1) is 4.90 Å². The van der Waals surface area contributed by atoms with Crippen LogP contribution in [0.2, 0.25) is 0 Å². The Morgan fingerprint density at radius 1 is 1.25 bits per heavy atom. The van der Waals surface area contributed by atoms with Crippen LogP contribution in [0.1, 0.15) is 25.7 Å². The van der Waals surface area contributed by atoms with Crippen molar-refractivity contribution in [3.8, 4) is 0 Å². The highest BCUT2D eigenvalue weighted by Crippen LogP contribution is 2.19. The van der Waals surface area contributed by atoms with Crippen LogP contribution in [0, 0.1) is 11.7 Å². The zero-order chi connectivity index (χ0) is 17.0. The van der Waals surface area contributed by atoms with E-state index in [0.717, 1.165) is 51.6 Å². The van der Waals surface area contributed by atoms with Gasteiger partial charge >= 0.3 is 0 Å². The zero-order valence-corrected chi connectivity index (χ0v) is 14.7. The van der Waals surface area contributed by atoms with Crippen LogP contribution in [0.3, 0.4) is 0 Å². The normalized spacial score (nSPS) is 24.1. The Balaban J connectivity index is 1.58. The Kier molecular flexibility index (Phi) is 5.86. The summed E-state index contributed by atoms with van der Waals surface area (Å²) in [7, 11) is -3.67. The van der Waals surface area contributed by atoms with E-state index in [1.165, 1.54) is 31.0 Å². The molecule has 2 N–H and O–H groups in total. The Morgan fingerprint density at radius 3 is 2.79 bits per heavy atom. The maximum Gasteiger partial charge on any atom is 0.240 e. The van der Waals surface area contributed by atoms with E-state index < -0.39 is 15.8 Å². The monoisotopic (exact) mass is 355 g/mol. The fourth-order valence-corrected chi connectivity index (χ4v) is 4.96. The van der Waals surface area contributed by atoms with Gasteiger partial charge in [-0.1, -0.05) is 6.07 Å². The number of halogens is 1. The molecule has 0 spiro atoms. The molecule has 5 nitrogen and oxygen atoms in total. The molecule has 2 saturated heterocycles. The first-order chi connectivity index (χ1) is 11.5. The van der Waals surface area contributed by atoms with Crippen molar-refractivity contribution in [1.82, 2.24) is 14.9 Å². The summed E-state index contributed by atoms with van der Waals surface area (Å²) in [5, 5.41) is 3.37. The van der Waals surface area contributed by atoms with Gasteiger partial charge in [0.15, 0.2) is 0 Å². The molecule has 1 unspecified atom stereocenters. The standard InChI is InChI=1S/C17H26FN3O2S/c18-15-3-1-5-17(11-15)24(22,23)20-16-4-2-10-21(13-16)12-14-6-8-19-9-7-14/h1,3,5,11,14,16,19-20H,2,4,6-10,12-13H2. The lowest BCUT2D eigenvalue weighted by atomic mass is 9.96. The zero-order valence-electron chi connectivity index (χ0n) is 13.9. The second-order valence-electron chi connectivity index (χ2n) is 6.87. The second-order valence-corrected chi connectivity index (χ2v) is 8.58. The molecule has 0 radical (unpaired) electrons. The molecule has 0 amide bonds. The molecule has 134 valence electrons. The van der Waals surface area contributed by atoms with Crippen LogP contribution in [-0.2, 0) is 10.0 Å². The maximum atomic E-state index is 13.3. The van der Waals surface area contributed by atoms with E-state index in [9.17, 15) is 12.8 Å². The number of hydrogen-bond donors (Lipinski definition) is 2. The Bertz CT molecular complexity index is 647. The molecular weight excluding hydrogens is 329 g/mol. The van der Waals surface area contributed by atoms with Gasteiger partial charge in [-0.05, 0) is 69.4 Å². The first kappa shape index (κ1) is 17.8.